The topological polar surface area (TPSA) is 80.0 Å². The number of carbonyl (C=O) groups excluding carboxylic acids is 2. The van der Waals surface area contributed by atoms with E-state index in [1.54, 1.807) is 18.2 Å². The first-order valence-corrected chi connectivity index (χ1v) is 11.3. The van der Waals surface area contributed by atoms with Crippen molar-refractivity contribution in [2.75, 3.05) is 7.11 Å². The molecule has 0 bridgehead atoms. The van der Waals surface area contributed by atoms with Crippen molar-refractivity contribution in [3.8, 4) is 5.75 Å². The Morgan fingerprint density at radius 2 is 1.97 bits per heavy atom. The number of ketones is 1. The molecular formula is C26H21NO5S. The third-order valence-electron chi connectivity index (χ3n) is 5.76. The van der Waals surface area contributed by atoms with E-state index in [1.165, 1.54) is 23.3 Å². The molecule has 1 aliphatic rings. The molecular weight excluding hydrogens is 438 g/mol. The smallest absolute Gasteiger partial charge is 0.290 e. The number of carbonyl (C=O) groups is 2. The van der Waals surface area contributed by atoms with Crippen LogP contribution in [0, 0.1) is 6.92 Å². The van der Waals surface area contributed by atoms with Crippen LogP contribution in [0.25, 0.3) is 11.0 Å². The molecule has 0 spiro atoms. The Bertz CT molecular complexity index is 1400. The van der Waals surface area contributed by atoms with Crippen molar-refractivity contribution in [3.63, 3.8) is 0 Å². The number of para-hydroxylation sites is 1. The lowest BCUT2D eigenvalue weighted by atomic mass is 9.94. The van der Waals surface area contributed by atoms with Crippen LogP contribution in [0.15, 0.2) is 81.8 Å². The number of hydrogen-bond acceptors (Lipinski definition) is 6. The minimum Gasteiger partial charge on any atom is -0.503 e. The number of methoxy groups -OCH3 is 1. The number of aryl methyl sites for hydroxylation is 1. The molecule has 2 aromatic heterocycles. The largest absolute Gasteiger partial charge is 0.503 e. The molecule has 1 amide bonds. The predicted octanol–water partition coefficient (Wildman–Crippen LogP) is 5.59. The number of fused-ring (bicyclic) bond motifs is 1. The zero-order chi connectivity index (χ0) is 23.1. The molecule has 4 aromatic rings. The van der Waals surface area contributed by atoms with E-state index in [9.17, 15) is 14.7 Å². The molecule has 1 N–H and O–H groups in total. The lowest BCUT2D eigenvalue weighted by molar-refractivity contribution is -0.130. The molecule has 1 aliphatic heterocycles. The van der Waals surface area contributed by atoms with Gasteiger partial charge in [-0.25, -0.2) is 0 Å². The van der Waals surface area contributed by atoms with E-state index in [-0.39, 0.29) is 17.9 Å². The van der Waals surface area contributed by atoms with Crippen LogP contribution in [0.4, 0.5) is 0 Å². The first-order valence-electron chi connectivity index (χ1n) is 10.4. The molecule has 2 aromatic carbocycles. The van der Waals surface area contributed by atoms with Crippen LogP contribution in [0.3, 0.4) is 0 Å². The van der Waals surface area contributed by atoms with Crippen molar-refractivity contribution >= 4 is 34.0 Å². The van der Waals surface area contributed by atoms with Crippen molar-refractivity contribution in [3.05, 3.63) is 99.1 Å². The minimum absolute atomic E-state index is 0.0141. The number of hydrogen-bond donors (Lipinski definition) is 1. The van der Waals surface area contributed by atoms with E-state index in [4.69, 9.17) is 9.15 Å². The van der Waals surface area contributed by atoms with Crippen LogP contribution < -0.4 is 4.74 Å². The number of rotatable bonds is 6. The van der Waals surface area contributed by atoms with Gasteiger partial charge in [0.25, 0.3) is 5.91 Å². The van der Waals surface area contributed by atoms with Crippen LogP contribution in [-0.4, -0.2) is 28.8 Å². The van der Waals surface area contributed by atoms with Crippen molar-refractivity contribution in [2.45, 2.75) is 19.5 Å². The standard InChI is InChI=1S/C26H21NO5S/c1-15-6-3-7-16(12-15)22-21(24(29)26(30)27(22)14-18-9-5-11-33-18)23(28)20-13-17-8-4-10-19(31-2)25(17)32-20/h3-13,22,29H,14H2,1-2H3. The van der Waals surface area contributed by atoms with Gasteiger partial charge in [-0.15, -0.1) is 11.3 Å². The number of benzene rings is 2. The second-order valence-corrected chi connectivity index (χ2v) is 8.94. The maximum absolute atomic E-state index is 13.7. The van der Waals surface area contributed by atoms with Crippen molar-refractivity contribution in [1.82, 2.24) is 4.90 Å². The van der Waals surface area contributed by atoms with Gasteiger partial charge in [-0.1, -0.05) is 48.0 Å². The van der Waals surface area contributed by atoms with Crippen molar-refractivity contribution < 1.29 is 23.8 Å². The lowest BCUT2D eigenvalue weighted by Gasteiger charge is -2.26. The van der Waals surface area contributed by atoms with Gasteiger partial charge in [-0.3, -0.25) is 9.59 Å². The number of ether oxygens (including phenoxy) is 1. The molecule has 33 heavy (non-hydrogen) atoms. The van der Waals surface area contributed by atoms with Crippen molar-refractivity contribution in [1.29, 1.82) is 0 Å². The third-order valence-corrected chi connectivity index (χ3v) is 6.63. The fourth-order valence-electron chi connectivity index (χ4n) is 4.25. The van der Waals surface area contributed by atoms with Crippen molar-refractivity contribution in [2.24, 2.45) is 0 Å². The van der Waals surface area contributed by atoms with E-state index in [2.05, 4.69) is 0 Å². The quantitative estimate of drug-likeness (QED) is 0.380. The molecule has 166 valence electrons. The van der Waals surface area contributed by atoms with Gasteiger partial charge in [0.05, 0.1) is 25.3 Å². The maximum Gasteiger partial charge on any atom is 0.290 e. The summed E-state index contributed by atoms with van der Waals surface area (Å²) in [6, 6.07) is 17.7. The highest BCUT2D eigenvalue weighted by atomic mass is 32.1. The second kappa shape index (κ2) is 8.26. The molecule has 7 heteroatoms. The fourth-order valence-corrected chi connectivity index (χ4v) is 4.95. The van der Waals surface area contributed by atoms with E-state index in [0.717, 1.165) is 16.0 Å². The molecule has 6 nitrogen and oxygen atoms in total. The molecule has 0 saturated carbocycles. The molecule has 1 atom stereocenters. The summed E-state index contributed by atoms with van der Waals surface area (Å²) in [5, 5.41) is 13.5. The highest BCUT2D eigenvalue weighted by Crippen LogP contribution is 2.41. The number of nitrogens with zero attached hydrogens (tertiary/aromatic N) is 1. The summed E-state index contributed by atoms with van der Waals surface area (Å²) in [5.74, 6) is -1.11. The minimum atomic E-state index is -0.734. The third kappa shape index (κ3) is 3.60. The SMILES string of the molecule is COc1cccc2cc(C(=O)C3=C(O)C(=O)N(Cc4cccs4)C3c3cccc(C)c3)oc12. The van der Waals surface area contributed by atoms with Gasteiger partial charge in [0.1, 0.15) is 0 Å². The average molecular weight is 460 g/mol. The van der Waals surface area contributed by atoms with E-state index < -0.39 is 23.5 Å². The zero-order valence-corrected chi connectivity index (χ0v) is 18.9. The Morgan fingerprint density at radius 3 is 2.70 bits per heavy atom. The first-order chi connectivity index (χ1) is 16.0. The van der Waals surface area contributed by atoms with Crippen LogP contribution in [0.5, 0.6) is 5.75 Å². The Morgan fingerprint density at radius 1 is 1.15 bits per heavy atom. The number of Topliss-reactive ketones (excluding diaryl/α,β-unsaturated/α-hetero) is 1. The average Bonchev–Trinajstić information content (AvgIpc) is 3.54. The highest BCUT2D eigenvalue weighted by molar-refractivity contribution is 7.09. The lowest BCUT2D eigenvalue weighted by Crippen LogP contribution is -2.30. The van der Waals surface area contributed by atoms with Crippen LogP contribution in [0.2, 0.25) is 0 Å². The number of furan rings is 1. The van der Waals surface area contributed by atoms with Crippen LogP contribution >= 0.6 is 11.3 Å². The normalized spacial score (nSPS) is 16.1. The molecule has 1 unspecified atom stereocenters. The number of aliphatic hydroxyl groups excluding tert-OH is 1. The Labute approximate surface area is 194 Å². The summed E-state index contributed by atoms with van der Waals surface area (Å²) in [7, 11) is 1.53. The Kier molecular flexibility index (Phi) is 5.26. The first kappa shape index (κ1) is 21.0. The van der Waals surface area contributed by atoms with E-state index in [0.29, 0.717) is 16.7 Å². The second-order valence-electron chi connectivity index (χ2n) is 7.91. The predicted molar refractivity (Wildman–Crippen MR) is 126 cm³/mol. The summed E-state index contributed by atoms with van der Waals surface area (Å²) in [6.45, 7) is 2.23. The van der Waals surface area contributed by atoms with Gasteiger partial charge in [0, 0.05) is 10.3 Å². The molecule has 0 radical (unpaired) electrons. The van der Waals surface area contributed by atoms with Crippen LogP contribution in [0.1, 0.15) is 32.6 Å². The summed E-state index contributed by atoms with van der Waals surface area (Å²) in [6.07, 6.45) is 0. The van der Waals surface area contributed by atoms with Gasteiger partial charge in [0.2, 0.25) is 5.78 Å². The van der Waals surface area contributed by atoms with Gasteiger partial charge < -0.3 is 19.2 Å². The summed E-state index contributed by atoms with van der Waals surface area (Å²) >= 11 is 1.52. The maximum atomic E-state index is 13.7. The number of amides is 1. The number of thiophene rings is 1. The fraction of sp³-hybridized carbons (Fsp3) is 0.154. The van der Waals surface area contributed by atoms with E-state index >= 15 is 0 Å². The number of aliphatic hydroxyl groups is 1. The summed E-state index contributed by atoms with van der Waals surface area (Å²) in [4.78, 5) is 29.3. The van der Waals surface area contributed by atoms with Crippen LogP contribution in [-0.2, 0) is 11.3 Å². The van der Waals surface area contributed by atoms with Gasteiger partial charge >= 0.3 is 0 Å². The van der Waals surface area contributed by atoms with E-state index in [1.807, 2.05) is 54.8 Å². The summed E-state index contributed by atoms with van der Waals surface area (Å²) in [5.41, 5.74) is 2.19. The van der Waals surface area contributed by atoms with Gasteiger partial charge in [-0.2, -0.15) is 0 Å². The molecule has 0 fully saturated rings. The molecule has 0 aliphatic carbocycles. The van der Waals surface area contributed by atoms with Gasteiger partial charge in [-0.05, 0) is 36.1 Å². The molecule has 0 saturated heterocycles. The molecule has 3 heterocycles. The monoisotopic (exact) mass is 459 g/mol. The highest BCUT2D eigenvalue weighted by Gasteiger charge is 2.44. The molecule has 5 rings (SSSR count). The zero-order valence-electron chi connectivity index (χ0n) is 18.1. The summed E-state index contributed by atoms with van der Waals surface area (Å²) < 4.78 is 11.2. The Balaban J connectivity index is 1.62. The Hall–Kier alpha value is -3.84. The van der Waals surface area contributed by atoms with Gasteiger partial charge in [0.15, 0.2) is 22.9 Å².